The monoisotopic (exact) mass is 597 g/mol. The number of nitrogens with one attached hydrogen (secondary N) is 2. The molecule has 218 valence electrons. The van der Waals surface area contributed by atoms with Gasteiger partial charge in [-0.2, -0.15) is 0 Å². The molecule has 1 aliphatic rings. The molecule has 2 N–H and O–H groups in total. The Morgan fingerprint density at radius 3 is 2.51 bits per heavy atom. The number of halogens is 1. The fourth-order valence-electron chi connectivity index (χ4n) is 4.25. The van der Waals surface area contributed by atoms with Crippen molar-refractivity contribution < 1.29 is 23.5 Å². The maximum Gasteiger partial charge on any atom is 0.408 e. The van der Waals surface area contributed by atoms with E-state index < -0.39 is 23.3 Å². The molecule has 0 aliphatic carbocycles. The third kappa shape index (κ3) is 7.83. The van der Waals surface area contributed by atoms with Crippen LogP contribution >= 0.6 is 11.8 Å². The van der Waals surface area contributed by atoms with Gasteiger partial charge in [0.2, 0.25) is 11.8 Å². The summed E-state index contributed by atoms with van der Waals surface area (Å²) in [6, 6.07) is 24.9. The Bertz CT molecular complexity index is 1620. The third-order valence-electron chi connectivity index (χ3n) is 6.47. The number of aliphatic imine (C=N–C) groups is 1. The first-order valence-corrected chi connectivity index (χ1v) is 14.3. The third-order valence-corrected chi connectivity index (χ3v) is 7.70. The number of thioether (sulfide) groups is 1. The highest BCUT2D eigenvalue weighted by Gasteiger charge is 2.39. The summed E-state index contributed by atoms with van der Waals surface area (Å²) in [6.07, 6.45) is 2.53. The normalized spacial score (nSPS) is 16.1. The van der Waals surface area contributed by atoms with Crippen molar-refractivity contribution in [2.45, 2.75) is 31.4 Å². The van der Waals surface area contributed by atoms with Gasteiger partial charge in [-0.05, 0) is 60.0 Å². The topological polar surface area (TPSA) is 113 Å². The number of carbonyl (C=O) groups is 3. The molecule has 4 aromatic rings. The van der Waals surface area contributed by atoms with Crippen LogP contribution in [-0.2, 0) is 27.5 Å². The van der Waals surface area contributed by atoms with E-state index in [-0.39, 0.29) is 24.9 Å². The van der Waals surface area contributed by atoms with Gasteiger partial charge < -0.3 is 15.4 Å². The van der Waals surface area contributed by atoms with Gasteiger partial charge in [-0.15, -0.1) is 0 Å². The van der Waals surface area contributed by atoms with Crippen molar-refractivity contribution in [2.75, 3.05) is 5.32 Å². The number of amidine groups is 1. The number of benzene rings is 3. The van der Waals surface area contributed by atoms with Crippen molar-refractivity contribution in [3.8, 4) is 0 Å². The molecule has 3 amide bonds. The number of rotatable bonds is 9. The van der Waals surface area contributed by atoms with E-state index in [1.165, 1.54) is 28.8 Å². The van der Waals surface area contributed by atoms with Gasteiger partial charge in [-0.25, -0.2) is 14.2 Å². The van der Waals surface area contributed by atoms with E-state index in [2.05, 4.69) is 20.6 Å². The predicted molar refractivity (Wildman–Crippen MR) is 163 cm³/mol. The molecule has 2 heterocycles. The molecule has 1 fully saturated rings. The molecule has 2 atom stereocenters. The molecule has 1 aromatic heterocycles. The van der Waals surface area contributed by atoms with Crippen LogP contribution in [0.15, 0.2) is 108 Å². The maximum atomic E-state index is 13.9. The summed E-state index contributed by atoms with van der Waals surface area (Å²) in [6.45, 7) is 1.80. The summed E-state index contributed by atoms with van der Waals surface area (Å²) in [5.74, 6) is -1.01. The smallest absolute Gasteiger partial charge is 0.408 e. The van der Waals surface area contributed by atoms with E-state index >= 15 is 0 Å². The summed E-state index contributed by atoms with van der Waals surface area (Å²) in [5, 5.41) is 5.16. The van der Waals surface area contributed by atoms with Crippen LogP contribution in [0.3, 0.4) is 0 Å². The molecular weight excluding hydrogens is 569 g/mol. The number of nitrogens with zero attached hydrogens (tertiary/aromatic N) is 3. The van der Waals surface area contributed by atoms with Crippen molar-refractivity contribution in [2.24, 2.45) is 4.99 Å². The van der Waals surface area contributed by atoms with Crippen LogP contribution in [0.5, 0.6) is 0 Å². The lowest BCUT2D eigenvalue weighted by Gasteiger charge is -2.17. The number of hydrogen-bond donors (Lipinski definition) is 2. The molecule has 0 spiro atoms. The van der Waals surface area contributed by atoms with Gasteiger partial charge in [0.05, 0.1) is 18.4 Å². The molecule has 0 radical (unpaired) electrons. The lowest BCUT2D eigenvalue weighted by Crippen LogP contribution is -2.41. The van der Waals surface area contributed by atoms with Crippen LogP contribution in [0, 0.1) is 5.82 Å². The zero-order valence-electron chi connectivity index (χ0n) is 23.1. The van der Waals surface area contributed by atoms with E-state index in [1.807, 2.05) is 30.3 Å². The van der Waals surface area contributed by atoms with Gasteiger partial charge >= 0.3 is 6.09 Å². The maximum absolute atomic E-state index is 13.9. The molecule has 5 rings (SSSR count). The summed E-state index contributed by atoms with van der Waals surface area (Å²) >= 11 is 1.29. The molecule has 1 unspecified atom stereocenters. The molecule has 1 saturated heterocycles. The Kier molecular flexibility index (Phi) is 9.42. The van der Waals surface area contributed by atoms with Crippen LogP contribution in [0.4, 0.5) is 20.6 Å². The Morgan fingerprint density at radius 2 is 1.79 bits per heavy atom. The molecule has 0 bridgehead atoms. The highest BCUT2D eigenvalue weighted by molar-refractivity contribution is 8.15. The van der Waals surface area contributed by atoms with Crippen LogP contribution in [0.1, 0.15) is 28.9 Å². The number of hydrogen-bond acceptors (Lipinski definition) is 7. The van der Waals surface area contributed by atoms with Gasteiger partial charge in [0.1, 0.15) is 23.7 Å². The van der Waals surface area contributed by atoms with Crippen LogP contribution in [-0.4, -0.2) is 39.0 Å². The van der Waals surface area contributed by atoms with Crippen LogP contribution in [0.25, 0.3) is 0 Å². The Morgan fingerprint density at radius 1 is 1.02 bits per heavy atom. The Hall–Kier alpha value is -5.03. The first kappa shape index (κ1) is 29.5. The zero-order chi connectivity index (χ0) is 30.2. The van der Waals surface area contributed by atoms with Gasteiger partial charge in [-0.1, -0.05) is 66.4 Å². The molecule has 9 nitrogen and oxygen atoms in total. The number of ether oxygens (including phenoxy) is 1. The van der Waals surface area contributed by atoms with E-state index in [1.54, 1.807) is 67.8 Å². The fourth-order valence-corrected chi connectivity index (χ4v) is 5.42. The largest absolute Gasteiger partial charge is 0.445 e. The first-order valence-electron chi connectivity index (χ1n) is 13.4. The van der Waals surface area contributed by atoms with E-state index in [9.17, 15) is 18.8 Å². The second-order valence-corrected chi connectivity index (χ2v) is 10.8. The quantitative estimate of drug-likeness (QED) is 0.246. The van der Waals surface area contributed by atoms with E-state index in [0.717, 1.165) is 5.56 Å². The summed E-state index contributed by atoms with van der Waals surface area (Å²) in [4.78, 5) is 48.7. The summed E-state index contributed by atoms with van der Waals surface area (Å²) < 4.78 is 19.0. The highest BCUT2D eigenvalue weighted by Crippen LogP contribution is 2.41. The van der Waals surface area contributed by atoms with Crippen molar-refractivity contribution >= 4 is 46.2 Å². The molecule has 1 aliphatic heterocycles. The second-order valence-electron chi connectivity index (χ2n) is 9.70. The molecule has 11 heteroatoms. The predicted octanol–water partition coefficient (Wildman–Crippen LogP) is 5.98. The minimum atomic E-state index is -0.849. The van der Waals surface area contributed by atoms with Crippen molar-refractivity contribution in [3.63, 3.8) is 0 Å². The molecule has 0 saturated carbocycles. The number of aromatic nitrogens is 1. The Balaban J connectivity index is 1.23. The first-order chi connectivity index (χ1) is 20.9. The van der Waals surface area contributed by atoms with Crippen molar-refractivity contribution in [3.05, 3.63) is 126 Å². The standard InChI is InChI=1S/C32H28FN5O4S/c1-21(35-32(41)42-20-22-7-3-2-4-8-22)29(39)36-26-14-12-24(13-15-26)28-30(40)38(19-23-9-5-10-25(33)17-23)31(43-28)37-27-11-6-16-34-18-27/h2-18,21,28H,19-20H2,1H3,(H,35,41)(H,36,39)/t21-,28?/m0/s1. The van der Waals surface area contributed by atoms with Gasteiger partial charge in [0, 0.05) is 11.9 Å². The average Bonchev–Trinajstić information content (AvgIpc) is 3.31. The molecule has 3 aromatic carbocycles. The second kappa shape index (κ2) is 13.8. The minimum absolute atomic E-state index is 0.0920. The van der Waals surface area contributed by atoms with Gasteiger partial charge in [-0.3, -0.25) is 19.5 Å². The lowest BCUT2D eigenvalue weighted by atomic mass is 10.1. The lowest BCUT2D eigenvalue weighted by molar-refractivity contribution is -0.126. The molecular formula is C32H28FN5O4S. The Labute approximate surface area is 252 Å². The SMILES string of the molecule is C[C@H](NC(=O)OCc1ccccc1)C(=O)Nc1ccc(C2SC(=Nc3cccnc3)N(Cc3cccc(F)c3)C2=O)cc1. The van der Waals surface area contributed by atoms with Crippen LogP contribution in [0.2, 0.25) is 0 Å². The van der Waals surface area contributed by atoms with Gasteiger partial charge in [0.15, 0.2) is 5.17 Å². The van der Waals surface area contributed by atoms with E-state index in [0.29, 0.717) is 27.7 Å². The number of anilines is 1. The highest BCUT2D eigenvalue weighted by atomic mass is 32.2. The van der Waals surface area contributed by atoms with Crippen LogP contribution < -0.4 is 10.6 Å². The average molecular weight is 598 g/mol. The molecule has 43 heavy (non-hydrogen) atoms. The fraction of sp³-hybridized carbons (Fsp3) is 0.156. The number of pyridine rings is 1. The summed E-state index contributed by atoms with van der Waals surface area (Å²) in [7, 11) is 0. The zero-order valence-corrected chi connectivity index (χ0v) is 24.0. The van der Waals surface area contributed by atoms with Gasteiger partial charge in [0.25, 0.3) is 0 Å². The number of amides is 3. The number of carbonyl (C=O) groups excluding carboxylic acids is 3. The van der Waals surface area contributed by atoms with Crippen molar-refractivity contribution in [1.29, 1.82) is 0 Å². The van der Waals surface area contributed by atoms with E-state index in [4.69, 9.17) is 4.74 Å². The van der Waals surface area contributed by atoms with Crippen molar-refractivity contribution in [1.82, 2.24) is 15.2 Å². The minimum Gasteiger partial charge on any atom is -0.445 e. The summed E-state index contributed by atoms with van der Waals surface area (Å²) in [5.41, 5.74) is 3.27. The number of alkyl carbamates (subject to hydrolysis) is 1.